The third kappa shape index (κ3) is 6.05. The standard InChI is InChI=1S/C11H16ClNOS/c1-14-8-6-13-7-9-15-11-4-2-10(12)3-5-11/h2-5,13H,6-9H2,1H3/p+1. The number of benzene rings is 1. The monoisotopic (exact) mass is 246 g/mol. The molecule has 0 radical (unpaired) electrons. The van der Waals surface area contributed by atoms with Crippen LogP contribution in [0.4, 0.5) is 0 Å². The van der Waals surface area contributed by atoms with Crippen molar-refractivity contribution >= 4 is 23.4 Å². The van der Waals surface area contributed by atoms with E-state index in [1.807, 2.05) is 23.9 Å². The van der Waals surface area contributed by atoms with E-state index in [0.717, 1.165) is 30.5 Å². The van der Waals surface area contributed by atoms with Crippen molar-refractivity contribution in [3.05, 3.63) is 29.3 Å². The van der Waals surface area contributed by atoms with Gasteiger partial charge in [0.15, 0.2) is 0 Å². The Morgan fingerprint density at radius 3 is 2.67 bits per heavy atom. The van der Waals surface area contributed by atoms with Gasteiger partial charge in [0.1, 0.15) is 0 Å². The number of halogens is 1. The quantitative estimate of drug-likeness (QED) is 0.585. The molecule has 4 heteroatoms. The summed E-state index contributed by atoms with van der Waals surface area (Å²) >= 11 is 7.66. The van der Waals surface area contributed by atoms with Gasteiger partial charge in [0.25, 0.3) is 0 Å². The average molecular weight is 247 g/mol. The van der Waals surface area contributed by atoms with Crippen molar-refractivity contribution in [2.45, 2.75) is 4.90 Å². The van der Waals surface area contributed by atoms with Crippen LogP contribution < -0.4 is 5.32 Å². The Morgan fingerprint density at radius 1 is 1.27 bits per heavy atom. The highest BCUT2D eigenvalue weighted by atomic mass is 35.5. The maximum absolute atomic E-state index is 5.80. The van der Waals surface area contributed by atoms with Crippen LogP contribution in [-0.2, 0) is 4.74 Å². The molecule has 0 unspecified atom stereocenters. The SMILES string of the molecule is COCC[NH2+]CCSc1ccc(Cl)cc1. The fourth-order valence-corrected chi connectivity index (χ4v) is 2.11. The second-order valence-corrected chi connectivity index (χ2v) is 4.77. The van der Waals surface area contributed by atoms with Crippen LogP contribution in [0.25, 0.3) is 0 Å². The summed E-state index contributed by atoms with van der Waals surface area (Å²) in [4.78, 5) is 1.28. The minimum absolute atomic E-state index is 0.797. The van der Waals surface area contributed by atoms with E-state index in [2.05, 4.69) is 17.4 Å². The molecule has 0 amide bonds. The first kappa shape index (κ1) is 12.8. The van der Waals surface area contributed by atoms with Crippen LogP contribution in [0.2, 0.25) is 5.02 Å². The summed E-state index contributed by atoms with van der Waals surface area (Å²) in [6, 6.07) is 7.97. The highest BCUT2D eigenvalue weighted by Crippen LogP contribution is 2.19. The number of thioether (sulfide) groups is 1. The van der Waals surface area contributed by atoms with E-state index in [1.165, 1.54) is 4.90 Å². The van der Waals surface area contributed by atoms with Gasteiger partial charge in [-0.1, -0.05) is 11.6 Å². The van der Waals surface area contributed by atoms with Gasteiger partial charge < -0.3 is 10.1 Å². The topological polar surface area (TPSA) is 25.8 Å². The fraction of sp³-hybridized carbons (Fsp3) is 0.455. The summed E-state index contributed by atoms with van der Waals surface area (Å²) in [7, 11) is 1.73. The van der Waals surface area contributed by atoms with Crippen molar-refractivity contribution in [2.24, 2.45) is 0 Å². The Balaban J connectivity index is 2.07. The molecule has 15 heavy (non-hydrogen) atoms. The number of ether oxygens (including phenoxy) is 1. The third-order valence-corrected chi connectivity index (χ3v) is 3.23. The van der Waals surface area contributed by atoms with Gasteiger partial charge in [-0.05, 0) is 24.3 Å². The molecule has 0 spiro atoms. The number of methoxy groups -OCH3 is 1. The maximum Gasteiger partial charge on any atom is 0.0993 e. The lowest BCUT2D eigenvalue weighted by atomic mass is 10.4. The predicted molar refractivity (Wildman–Crippen MR) is 65.7 cm³/mol. The minimum atomic E-state index is 0.797. The Morgan fingerprint density at radius 2 is 2.00 bits per heavy atom. The van der Waals surface area contributed by atoms with Crippen LogP contribution in [0.15, 0.2) is 29.2 Å². The predicted octanol–water partition coefficient (Wildman–Crippen LogP) is 1.64. The molecule has 2 nitrogen and oxygen atoms in total. The lowest BCUT2D eigenvalue weighted by Crippen LogP contribution is -2.85. The van der Waals surface area contributed by atoms with Crippen molar-refractivity contribution in [3.8, 4) is 0 Å². The van der Waals surface area contributed by atoms with Crippen molar-refractivity contribution in [3.63, 3.8) is 0 Å². The fourth-order valence-electron chi connectivity index (χ4n) is 1.14. The van der Waals surface area contributed by atoms with Crippen LogP contribution >= 0.6 is 23.4 Å². The molecular weight excluding hydrogens is 230 g/mol. The summed E-state index contributed by atoms with van der Waals surface area (Å²) in [6.45, 7) is 2.99. The summed E-state index contributed by atoms with van der Waals surface area (Å²) in [5.41, 5.74) is 0. The largest absolute Gasteiger partial charge is 0.379 e. The van der Waals surface area contributed by atoms with Crippen molar-refractivity contribution in [1.29, 1.82) is 0 Å². The lowest BCUT2D eigenvalue weighted by Gasteiger charge is -2.01. The zero-order chi connectivity index (χ0) is 10.9. The van der Waals surface area contributed by atoms with Gasteiger partial charge in [-0.15, -0.1) is 11.8 Å². The van der Waals surface area contributed by atoms with E-state index in [-0.39, 0.29) is 0 Å². The van der Waals surface area contributed by atoms with Gasteiger partial charge in [-0.2, -0.15) is 0 Å². The molecule has 0 heterocycles. The van der Waals surface area contributed by atoms with Crippen LogP contribution in [0.1, 0.15) is 0 Å². The molecule has 84 valence electrons. The Bertz CT molecular complexity index is 266. The van der Waals surface area contributed by atoms with Gasteiger partial charge in [0.2, 0.25) is 0 Å². The molecule has 0 aromatic heterocycles. The minimum Gasteiger partial charge on any atom is -0.379 e. The number of quaternary nitrogens is 1. The first-order valence-electron chi connectivity index (χ1n) is 5.02. The van der Waals surface area contributed by atoms with E-state index >= 15 is 0 Å². The normalized spacial score (nSPS) is 10.5. The van der Waals surface area contributed by atoms with E-state index in [4.69, 9.17) is 16.3 Å². The van der Waals surface area contributed by atoms with E-state index < -0.39 is 0 Å². The molecule has 1 aromatic rings. The molecule has 1 aromatic carbocycles. The highest BCUT2D eigenvalue weighted by Gasteiger charge is 1.95. The molecule has 0 saturated heterocycles. The Hall–Kier alpha value is -0.220. The smallest absolute Gasteiger partial charge is 0.0993 e. The number of rotatable bonds is 7. The van der Waals surface area contributed by atoms with Crippen molar-refractivity contribution in [2.75, 3.05) is 32.6 Å². The molecule has 0 saturated carbocycles. The second kappa shape index (κ2) is 7.99. The highest BCUT2D eigenvalue weighted by molar-refractivity contribution is 7.99. The molecule has 2 N–H and O–H groups in total. The zero-order valence-corrected chi connectivity index (χ0v) is 10.5. The summed E-state index contributed by atoms with van der Waals surface area (Å²) in [6.07, 6.45) is 0. The van der Waals surface area contributed by atoms with Gasteiger partial charge in [-0.25, -0.2) is 0 Å². The van der Waals surface area contributed by atoms with E-state index in [0.29, 0.717) is 0 Å². The number of hydrogen-bond acceptors (Lipinski definition) is 2. The average Bonchev–Trinajstić information content (AvgIpc) is 2.26. The molecular formula is C11H17ClNOS+. The Kier molecular flexibility index (Phi) is 6.85. The third-order valence-electron chi connectivity index (χ3n) is 1.93. The Labute approximate surface area is 100 Å². The first-order chi connectivity index (χ1) is 7.33. The summed E-state index contributed by atoms with van der Waals surface area (Å²) < 4.78 is 4.97. The number of nitrogens with two attached hydrogens (primary N) is 1. The summed E-state index contributed by atoms with van der Waals surface area (Å²) in [5, 5.41) is 3.07. The molecule has 0 atom stereocenters. The van der Waals surface area contributed by atoms with Crippen LogP contribution in [0.3, 0.4) is 0 Å². The zero-order valence-electron chi connectivity index (χ0n) is 8.91. The maximum atomic E-state index is 5.80. The van der Waals surface area contributed by atoms with Crippen LogP contribution in [-0.4, -0.2) is 32.6 Å². The molecule has 0 fully saturated rings. The van der Waals surface area contributed by atoms with Gasteiger partial charge >= 0.3 is 0 Å². The second-order valence-electron chi connectivity index (χ2n) is 3.16. The van der Waals surface area contributed by atoms with Gasteiger partial charge in [0.05, 0.1) is 19.7 Å². The molecule has 1 rings (SSSR count). The van der Waals surface area contributed by atoms with Crippen molar-refractivity contribution in [1.82, 2.24) is 0 Å². The van der Waals surface area contributed by atoms with Gasteiger partial charge in [-0.3, -0.25) is 0 Å². The van der Waals surface area contributed by atoms with Crippen LogP contribution in [0, 0.1) is 0 Å². The molecule has 0 bridgehead atoms. The van der Waals surface area contributed by atoms with E-state index in [9.17, 15) is 0 Å². The van der Waals surface area contributed by atoms with Crippen LogP contribution in [0.5, 0.6) is 0 Å². The van der Waals surface area contributed by atoms with Crippen molar-refractivity contribution < 1.29 is 10.1 Å². The first-order valence-corrected chi connectivity index (χ1v) is 6.38. The number of hydrogen-bond donors (Lipinski definition) is 1. The summed E-state index contributed by atoms with van der Waals surface area (Å²) in [5.74, 6) is 1.12. The lowest BCUT2D eigenvalue weighted by molar-refractivity contribution is -0.652. The van der Waals surface area contributed by atoms with Gasteiger partial charge in [0, 0.05) is 22.8 Å². The molecule has 0 aliphatic carbocycles. The molecule has 0 aliphatic heterocycles. The molecule has 0 aliphatic rings. The van der Waals surface area contributed by atoms with E-state index in [1.54, 1.807) is 7.11 Å².